The molecule has 1 fully saturated rings. The third-order valence-corrected chi connectivity index (χ3v) is 6.34. The molecule has 12 heteroatoms. The third-order valence-electron chi connectivity index (χ3n) is 5.78. The number of hydrogen-bond acceptors (Lipinski definition) is 9. The SMILES string of the molecule is COc1ccc(CNc2nccn3c([C@@H]4CN(C(=O)OC(C)(C)C)[C@H](C=O)CO4)nc(Br)c23)c(OC)c1. The van der Waals surface area contributed by atoms with Crippen LogP contribution in [-0.2, 0) is 20.8 Å². The lowest BCUT2D eigenvalue weighted by Crippen LogP contribution is -2.52. The molecule has 1 aromatic carbocycles. The summed E-state index contributed by atoms with van der Waals surface area (Å²) in [6.07, 6.45) is 2.96. The number of nitrogens with one attached hydrogen (secondary N) is 1. The van der Waals surface area contributed by atoms with Crippen LogP contribution in [0.5, 0.6) is 11.5 Å². The number of aromatic nitrogens is 3. The number of ether oxygens (including phenoxy) is 4. The van der Waals surface area contributed by atoms with Crippen LogP contribution in [-0.4, -0.2) is 70.7 Å². The summed E-state index contributed by atoms with van der Waals surface area (Å²) in [5, 5.41) is 3.35. The maximum absolute atomic E-state index is 12.8. The van der Waals surface area contributed by atoms with E-state index in [2.05, 4.69) is 31.2 Å². The second kappa shape index (κ2) is 10.9. The number of nitrogens with zero attached hydrogens (tertiary/aromatic N) is 4. The van der Waals surface area contributed by atoms with Crippen molar-refractivity contribution in [2.45, 2.75) is 45.1 Å². The van der Waals surface area contributed by atoms with Gasteiger partial charge in [-0.3, -0.25) is 9.30 Å². The monoisotopic (exact) mass is 575 g/mol. The van der Waals surface area contributed by atoms with E-state index in [1.807, 2.05) is 22.6 Å². The van der Waals surface area contributed by atoms with Crippen LogP contribution in [0.15, 0.2) is 35.2 Å². The van der Waals surface area contributed by atoms with Gasteiger partial charge in [-0.05, 0) is 48.8 Å². The highest BCUT2D eigenvalue weighted by molar-refractivity contribution is 9.10. The van der Waals surface area contributed by atoms with Gasteiger partial charge in [0.25, 0.3) is 0 Å². The Bertz CT molecular complexity index is 1290. The Morgan fingerprint density at radius 3 is 2.76 bits per heavy atom. The topological polar surface area (TPSA) is 117 Å². The molecular weight excluding hydrogens is 546 g/mol. The van der Waals surface area contributed by atoms with Crippen molar-refractivity contribution in [1.29, 1.82) is 0 Å². The summed E-state index contributed by atoms with van der Waals surface area (Å²) >= 11 is 3.55. The molecule has 0 aliphatic carbocycles. The standard InChI is InChI=1S/C25H30BrN5O6/c1-25(2,3)37-24(33)31-12-19(36-14-16(31)13-32)23-29-21(26)20-22(27-8-9-30(20)23)28-11-15-6-7-17(34-4)10-18(15)35-5/h6-10,13,16,19H,11-12,14H2,1-5H3,(H,27,28)/t16-,19+/m1/s1. The first kappa shape index (κ1) is 26.7. The largest absolute Gasteiger partial charge is 0.497 e. The van der Waals surface area contributed by atoms with Crippen molar-refractivity contribution in [1.82, 2.24) is 19.3 Å². The van der Waals surface area contributed by atoms with Crippen LogP contribution < -0.4 is 14.8 Å². The Balaban J connectivity index is 1.60. The minimum Gasteiger partial charge on any atom is -0.497 e. The summed E-state index contributed by atoms with van der Waals surface area (Å²) in [5.74, 6) is 2.55. The number of morpholine rings is 1. The van der Waals surface area contributed by atoms with Crippen LogP contribution >= 0.6 is 15.9 Å². The molecule has 2 aromatic heterocycles. The average molecular weight is 576 g/mol. The summed E-state index contributed by atoms with van der Waals surface area (Å²) in [4.78, 5) is 35.0. The lowest BCUT2D eigenvalue weighted by molar-refractivity contribution is -0.123. The van der Waals surface area contributed by atoms with Crippen LogP contribution in [0.4, 0.5) is 10.6 Å². The lowest BCUT2D eigenvalue weighted by atomic mass is 10.2. The van der Waals surface area contributed by atoms with Gasteiger partial charge in [0.1, 0.15) is 51.5 Å². The van der Waals surface area contributed by atoms with Crippen molar-refractivity contribution < 1.29 is 28.5 Å². The zero-order valence-corrected chi connectivity index (χ0v) is 22.9. The Morgan fingerprint density at radius 2 is 2.08 bits per heavy atom. The Labute approximate surface area is 223 Å². The van der Waals surface area contributed by atoms with E-state index in [1.165, 1.54) is 4.90 Å². The van der Waals surface area contributed by atoms with Gasteiger partial charge >= 0.3 is 6.09 Å². The maximum Gasteiger partial charge on any atom is 0.411 e. The second-order valence-corrected chi connectivity index (χ2v) is 10.2. The Morgan fingerprint density at radius 1 is 1.30 bits per heavy atom. The molecule has 1 amide bonds. The number of benzene rings is 1. The fourth-order valence-electron chi connectivity index (χ4n) is 4.02. The van der Waals surface area contributed by atoms with Gasteiger partial charge in [0.15, 0.2) is 5.82 Å². The van der Waals surface area contributed by atoms with Gasteiger partial charge < -0.3 is 29.1 Å². The van der Waals surface area contributed by atoms with E-state index in [4.69, 9.17) is 18.9 Å². The smallest absolute Gasteiger partial charge is 0.411 e. The number of hydrogen-bond donors (Lipinski definition) is 1. The highest BCUT2D eigenvalue weighted by Crippen LogP contribution is 2.32. The molecule has 1 aliphatic heterocycles. The van der Waals surface area contributed by atoms with Crippen molar-refractivity contribution in [3.8, 4) is 11.5 Å². The van der Waals surface area contributed by atoms with Gasteiger partial charge in [-0.15, -0.1) is 0 Å². The van der Waals surface area contributed by atoms with E-state index < -0.39 is 23.8 Å². The number of carbonyl (C=O) groups is 2. The fraction of sp³-hybridized carbons (Fsp3) is 0.440. The fourth-order valence-corrected chi connectivity index (χ4v) is 4.58. The molecule has 0 spiro atoms. The number of anilines is 1. The van der Waals surface area contributed by atoms with Crippen LogP contribution in [0.2, 0.25) is 0 Å². The predicted octanol–water partition coefficient (Wildman–Crippen LogP) is 4.00. The second-order valence-electron chi connectivity index (χ2n) is 9.44. The van der Waals surface area contributed by atoms with Crippen molar-refractivity contribution in [3.05, 3.63) is 46.6 Å². The number of carbonyl (C=O) groups excluding carboxylic acids is 2. The van der Waals surface area contributed by atoms with Crippen molar-refractivity contribution in [3.63, 3.8) is 0 Å². The molecule has 3 aromatic rings. The first-order valence-electron chi connectivity index (χ1n) is 11.7. The summed E-state index contributed by atoms with van der Waals surface area (Å²) < 4.78 is 24.7. The molecule has 1 saturated heterocycles. The van der Waals surface area contributed by atoms with E-state index in [0.717, 1.165) is 5.56 Å². The summed E-state index contributed by atoms with van der Waals surface area (Å²) in [6, 6.07) is 4.87. The number of imidazole rings is 1. The van der Waals surface area contributed by atoms with Crippen molar-refractivity contribution >= 4 is 39.6 Å². The molecule has 11 nitrogen and oxygen atoms in total. The number of rotatable bonds is 7. The molecule has 0 unspecified atom stereocenters. The average Bonchev–Trinajstić information content (AvgIpc) is 3.22. The van der Waals surface area contributed by atoms with Crippen molar-refractivity contribution in [2.24, 2.45) is 0 Å². The first-order chi connectivity index (χ1) is 17.6. The summed E-state index contributed by atoms with van der Waals surface area (Å²) in [7, 11) is 3.21. The predicted molar refractivity (Wildman–Crippen MR) is 139 cm³/mol. The molecule has 0 bridgehead atoms. The molecule has 1 aliphatic rings. The van der Waals surface area contributed by atoms with Crippen molar-refractivity contribution in [2.75, 3.05) is 32.7 Å². The van der Waals surface area contributed by atoms with Crippen LogP contribution in [0.3, 0.4) is 0 Å². The molecule has 3 heterocycles. The van der Waals surface area contributed by atoms with E-state index in [9.17, 15) is 9.59 Å². The Kier molecular flexibility index (Phi) is 7.88. The summed E-state index contributed by atoms with van der Waals surface area (Å²) in [5.41, 5.74) is 0.932. The number of aldehydes is 1. The van der Waals surface area contributed by atoms with E-state index in [-0.39, 0.29) is 13.2 Å². The summed E-state index contributed by atoms with van der Waals surface area (Å²) in [6.45, 7) is 5.93. The van der Waals surface area contributed by atoms with Gasteiger partial charge in [-0.1, -0.05) is 0 Å². The number of amides is 1. The van der Waals surface area contributed by atoms with Gasteiger partial charge in [-0.2, -0.15) is 0 Å². The quantitative estimate of drug-likeness (QED) is 0.417. The lowest BCUT2D eigenvalue weighted by Gasteiger charge is -2.37. The number of methoxy groups -OCH3 is 2. The normalized spacial score (nSPS) is 17.9. The van der Waals surface area contributed by atoms with Crippen LogP contribution in [0.25, 0.3) is 5.52 Å². The minimum absolute atomic E-state index is 0.0351. The number of fused-ring (bicyclic) bond motifs is 1. The minimum atomic E-state index is -0.737. The molecule has 4 rings (SSSR count). The van der Waals surface area contributed by atoms with Gasteiger partial charge in [-0.25, -0.2) is 14.8 Å². The highest BCUT2D eigenvalue weighted by atomic mass is 79.9. The highest BCUT2D eigenvalue weighted by Gasteiger charge is 2.37. The third kappa shape index (κ3) is 5.80. The molecule has 1 N–H and O–H groups in total. The molecule has 198 valence electrons. The molecule has 0 saturated carbocycles. The zero-order chi connectivity index (χ0) is 26.7. The van der Waals surface area contributed by atoms with Gasteiger partial charge in [0.2, 0.25) is 0 Å². The van der Waals surface area contributed by atoms with Gasteiger partial charge in [0, 0.05) is 30.6 Å². The van der Waals surface area contributed by atoms with E-state index in [1.54, 1.807) is 47.4 Å². The Hall–Kier alpha value is -3.38. The first-order valence-corrected chi connectivity index (χ1v) is 12.5. The van der Waals surface area contributed by atoms with Gasteiger partial charge in [0.05, 0.1) is 27.4 Å². The molecule has 37 heavy (non-hydrogen) atoms. The maximum atomic E-state index is 12.8. The zero-order valence-electron chi connectivity index (χ0n) is 21.4. The molecule has 2 atom stereocenters. The van der Waals surface area contributed by atoms with E-state index >= 15 is 0 Å². The van der Waals surface area contributed by atoms with Crippen LogP contribution in [0.1, 0.15) is 38.3 Å². The molecule has 0 radical (unpaired) electrons. The molecular formula is C25H30BrN5O6. The van der Waals surface area contributed by atoms with E-state index in [0.29, 0.717) is 46.1 Å². The number of halogens is 1. The van der Waals surface area contributed by atoms with Crippen LogP contribution in [0, 0.1) is 0 Å².